The number of nitrogens with two attached hydrogens (primary N) is 1. The summed E-state index contributed by atoms with van der Waals surface area (Å²) in [5, 5.41) is 1.000. The third-order valence-corrected chi connectivity index (χ3v) is 5.54. The lowest BCUT2D eigenvalue weighted by atomic mass is 9.81. The van der Waals surface area contributed by atoms with E-state index >= 15 is 0 Å². The SMILES string of the molecule is Cc1nccc(N2CCC(C)(c3ncc(C(N)=O)s3)CC2)n1. The molecule has 2 aromatic rings. The summed E-state index contributed by atoms with van der Waals surface area (Å²) in [6.45, 7) is 5.94. The zero-order valence-electron chi connectivity index (χ0n) is 12.7. The highest BCUT2D eigenvalue weighted by molar-refractivity contribution is 7.13. The van der Waals surface area contributed by atoms with Crippen molar-refractivity contribution in [3.8, 4) is 0 Å². The van der Waals surface area contributed by atoms with Crippen molar-refractivity contribution in [2.24, 2.45) is 5.73 Å². The molecule has 1 saturated heterocycles. The van der Waals surface area contributed by atoms with E-state index in [4.69, 9.17) is 5.73 Å². The van der Waals surface area contributed by atoms with Gasteiger partial charge in [0.15, 0.2) is 0 Å². The monoisotopic (exact) mass is 317 g/mol. The summed E-state index contributed by atoms with van der Waals surface area (Å²) >= 11 is 1.42. The number of aromatic nitrogens is 3. The minimum atomic E-state index is -0.402. The predicted octanol–water partition coefficient (Wildman–Crippen LogP) is 1.90. The molecule has 1 fully saturated rings. The fraction of sp³-hybridized carbons (Fsp3) is 0.467. The number of rotatable bonds is 3. The highest BCUT2D eigenvalue weighted by Gasteiger charge is 2.35. The van der Waals surface area contributed by atoms with Gasteiger partial charge in [0.2, 0.25) is 0 Å². The average Bonchev–Trinajstić information content (AvgIpc) is 2.99. The summed E-state index contributed by atoms with van der Waals surface area (Å²) in [5.74, 6) is 1.37. The second kappa shape index (κ2) is 5.64. The van der Waals surface area contributed by atoms with Crippen molar-refractivity contribution in [3.05, 3.63) is 34.2 Å². The van der Waals surface area contributed by atoms with Gasteiger partial charge in [0.1, 0.15) is 16.5 Å². The van der Waals surface area contributed by atoms with Gasteiger partial charge in [0.05, 0.1) is 11.2 Å². The number of primary amides is 1. The lowest BCUT2D eigenvalue weighted by Gasteiger charge is -2.38. The van der Waals surface area contributed by atoms with Gasteiger partial charge in [-0.2, -0.15) is 0 Å². The molecule has 0 bridgehead atoms. The number of anilines is 1. The molecule has 2 N–H and O–H groups in total. The first-order valence-electron chi connectivity index (χ1n) is 7.29. The number of piperidine rings is 1. The van der Waals surface area contributed by atoms with Crippen LogP contribution in [0.3, 0.4) is 0 Å². The van der Waals surface area contributed by atoms with Crippen molar-refractivity contribution < 1.29 is 4.79 Å². The highest BCUT2D eigenvalue weighted by Crippen LogP contribution is 2.38. The summed E-state index contributed by atoms with van der Waals surface area (Å²) in [7, 11) is 0. The first-order valence-corrected chi connectivity index (χ1v) is 8.10. The molecule has 6 nitrogen and oxygen atoms in total. The summed E-state index contributed by atoms with van der Waals surface area (Å²) in [6.07, 6.45) is 5.34. The van der Waals surface area contributed by atoms with Crippen LogP contribution in [-0.2, 0) is 5.41 Å². The maximum atomic E-state index is 11.2. The number of carbonyl (C=O) groups excluding carboxylic acids is 1. The first kappa shape index (κ1) is 14.9. The molecule has 0 radical (unpaired) electrons. The summed E-state index contributed by atoms with van der Waals surface area (Å²) in [4.78, 5) is 27.1. The Hall–Kier alpha value is -2.02. The minimum Gasteiger partial charge on any atom is -0.365 e. The third kappa shape index (κ3) is 2.81. The van der Waals surface area contributed by atoms with Crippen LogP contribution < -0.4 is 10.6 Å². The van der Waals surface area contributed by atoms with Gasteiger partial charge in [-0.05, 0) is 25.8 Å². The summed E-state index contributed by atoms with van der Waals surface area (Å²) < 4.78 is 0. The molecule has 22 heavy (non-hydrogen) atoms. The smallest absolute Gasteiger partial charge is 0.260 e. The molecule has 0 atom stereocenters. The molecule has 0 unspecified atom stereocenters. The Morgan fingerprint density at radius 3 is 2.68 bits per heavy atom. The topological polar surface area (TPSA) is 85.0 Å². The number of hydrogen-bond acceptors (Lipinski definition) is 6. The molecule has 0 spiro atoms. The Labute approximate surface area is 133 Å². The Balaban J connectivity index is 1.73. The van der Waals surface area contributed by atoms with Crippen LogP contribution in [0, 0.1) is 6.92 Å². The lowest BCUT2D eigenvalue weighted by molar-refractivity contribution is 0.100. The quantitative estimate of drug-likeness (QED) is 0.934. The van der Waals surface area contributed by atoms with Crippen LogP contribution in [0.15, 0.2) is 18.5 Å². The van der Waals surface area contributed by atoms with E-state index in [1.54, 1.807) is 12.4 Å². The molecule has 1 amide bonds. The molecule has 1 aliphatic heterocycles. The van der Waals surface area contributed by atoms with Crippen molar-refractivity contribution >= 4 is 23.1 Å². The van der Waals surface area contributed by atoms with Gasteiger partial charge in [0, 0.05) is 24.7 Å². The Morgan fingerprint density at radius 1 is 1.36 bits per heavy atom. The van der Waals surface area contributed by atoms with Gasteiger partial charge >= 0.3 is 0 Å². The minimum absolute atomic E-state index is 0.00303. The second-order valence-corrected chi connectivity index (χ2v) is 6.93. The average molecular weight is 317 g/mol. The number of hydrogen-bond donors (Lipinski definition) is 1. The van der Waals surface area contributed by atoms with E-state index in [9.17, 15) is 4.79 Å². The van der Waals surface area contributed by atoms with Crippen LogP contribution in [0.5, 0.6) is 0 Å². The van der Waals surface area contributed by atoms with Crippen molar-refractivity contribution in [3.63, 3.8) is 0 Å². The van der Waals surface area contributed by atoms with Crippen LogP contribution >= 0.6 is 11.3 Å². The lowest BCUT2D eigenvalue weighted by Crippen LogP contribution is -2.41. The van der Waals surface area contributed by atoms with Crippen molar-refractivity contribution in [1.82, 2.24) is 15.0 Å². The molecule has 0 aromatic carbocycles. The molecular weight excluding hydrogens is 298 g/mol. The zero-order chi connectivity index (χ0) is 15.7. The van der Waals surface area contributed by atoms with Crippen molar-refractivity contribution in [2.75, 3.05) is 18.0 Å². The van der Waals surface area contributed by atoms with E-state index in [1.165, 1.54) is 11.3 Å². The third-order valence-electron chi connectivity index (χ3n) is 4.22. The Morgan fingerprint density at radius 2 is 2.09 bits per heavy atom. The molecule has 2 aromatic heterocycles. The molecular formula is C15H19N5OS. The highest BCUT2D eigenvalue weighted by atomic mass is 32.1. The molecule has 0 aliphatic carbocycles. The second-order valence-electron chi connectivity index (χ2n) is 5.90. The largest absolute Gasteiger partial charge is 0.365 e. The summed E-state index contributed by atoms with van der Waals surface area (Å²) in [5.41, 5.74) is 5.32. The van der Waals surface area contributed by atoms with Crippen LogP contribution in [0.25, 0.3) is 0 Å². The van der Waals surface area contributed by atoms with E-state index in [0.717, 1.165) is 42.6 Å². The maximum absolute atomic E-state index is 11.2. The fourth-order valence-electron chi connectivity index (χ4n) is 2.73. The van der Waals surface area contributed by atoms with Gasteiger partial charge in [-0.15, -0.1) is 11.3 Å². The van der Waals surface area contributed by atoms with Gasteiger partial charge in [-0.1, -0.05) is 6.92 Å². The normalized spacial score (nSPS) is 17.5. The molecule has 0 saturated carbocycles. The predicted molar refractivity (Wildman–Crippen MR) is 86.2 cm³/mol. The summed E-state index contributed by atoms with van der Waals surface area (Å²) in [6, 6.07) is 1.95. The molecule has 3 heterocycles. The van der Waals surface area contributed by atoms with Gasteiger partial charge in [0.25, 0.3) is 5.91 Å². The Bertz CT molecular complexity index is 691. The first-order chi connectivity index (χ1) is 10.5. The fourth-order valence-corrected chi connectivity index (χ4v) is 3.70. The van der Waals surface area contributed by atoms with E-state index in [-0.39, 0.29) is 5.41 Å². The molecule has 116 valence electrons. The van der Waals surface area contributed by atoms with Crippen LogP contribution in [0.2, 0.25) is 0 Å². The number of carbonyl (C=O) groups is 1. The van der Waals surface area contributed by atoms with Gasteiger partial charge in [-0.25, -0.2) is 15.0 Å². The molecule has 7 heteroatoms. The zero-order valence-corrected chi connectivity index (χ0v) is 13.6. The van der Waals surface area contributed by atoms with Crippen molar-refractivity contribution in [2.45, 2.75) is 32.1 Å². The van der Waals surface area contributed by atoms with Crippen LogP contribution in [-0.4, -0.2) is 33.9 Å². The number of thiazole rings is 1. The van der Waals surface area contributed by atoms with Crippen LogP contribution in [0.4, 0.5) is 5.82 Å². The maximum Gasteiger partial charge on any atom is 0.260 e. The Kier molecular flexibility index (Phi) is 3.82. The van der Waals surface area contributed by atoms with E-state index in [0.29, 0.717) is 4.88 Å². The number of nitrogens with zero attached hydrogens (tertiary/aromatic N) is 4. The molecule has 3 rings (SSSR count). The van der Waals surface area contributed by atoms with E-state index in [1.807, 2.05) is 13.0 Å². The number of amides is 1. The molecule has 1 aliphatic rings. The van der Waals surface area contributed by atoms with E-state index < -0.39 is 5.91 Å². The number of aryl methyl sites for hydroxylation is 1. The van der Waals surface area contributed by atoms with Gasteiger partial charge < -0.3 is 10.6 Å². The van der Waals surface area contributed by atoms with Crippen molar-refractivity contribution in [1.29, 1.82) is 0 Å². The van der Waals surface area contributed by atoms with E-state index in [2.05, 4.69) is 26.8 Å². The standard InChI is InChI=1S/C15H19N5OS/c1-10-17-6-3-12(19-10)20-7-4-15(2,5-8-20)14-18-9-11(22-14)13(16)21/h3,6,9H,4-5,7-8H2,1-2H3,(H2,16,21). The van der Waals surface area contributed by atoms with Gasteiger partial charge in [-0.3, -0.25) is 4.79 Å². The van der Waals surface area contributed by atoms with Crippen LogP contribution in [0.1, 0.15) is 40.3 Å².